The van der Waals surface area contributed by atoms with E-state index in [1.54, 1.807) is 0 Å². The minimum atomic E-state index is -0.265. The van der Waals surface area contributed by atoms with Gasteiger partial charge < -0.3 is 10.2 Å². The number of rotatable bonds is 8. The first kappa shape index (κ1) is 23.3. The summed E-state index contributed by atoms with van der Waals surface area (Å²) in [5.74, 6) is 0.736. The summed E-state index contributed by atoms with van der Waals surface area (Å²) in [5, 5.41) is 3.95. The van der Waals surface area contributed by atoms with Crippen molar-refractivity contribution in [2.24, 2.45) is 5.92 Å². The zero-order chi connectivity index (χ0) is 24.2. The Morgan fingerprint density at radius 1 is 1.06 bits per heavy atom. The maximum absolute atomic E-state index is 12.8. The smallest absolute Gasteiger partial charge is 0.273 e. The van der Waals surface area contributed by atoms with Gasteiger partial charge in [0.1, 0.15) is 6.54 Å². The highest BCUT2D eigenvalue weighted by Crippen LogP contribution is 2.22. The Kier molecular flexibility index (Phi) is 6.95. The van der Waals surface area contributed by atoms with Crippen molar-refractivity contribution < 1.29 is 4.79 Å². The first-order chi connectivity index (χ1) is 17.1. The van der Waals surface area contributed by atoms with Gasteiger partial charge in [-0.3, -0.25) is 14.3 Å². The molecule has 0 saturated carbocycles. The Labute approximate surface area is 205 Å². The summed E-state index contributed by atoms with van der Waals surface area (Å²) in [6.45, 7) is 5.99. The van der Waals surface area contributed by atoms with E-state index in [9.17, 15) is 9.59 Å². The number of hydrogen-bond donors (Lipinski definition) is 1. The molecule has 1 saturated heterocycles. The number of para-hydroxylation sites is 1. The molecule has 0 unspecified atom stereocenters. The van der Waals surface area contributed by atoms with E-state index < -0.39 is 0 Å². The second-order valence-electron chi connectivity index (χ2n) is 9.62. The summed E-state index contributed by atoms with van der Waals surface area (Å²) in [6, 6.07) is 20.0. The van der Waals surface area contributed by atoms with Gasteiger partial charge in [-0.1, -0.05) is 42.5 Å². The normalized spacial score (nSPS) is 15.1. The number of fused-ring (bicyclic) bond motifs is 3. The van der Waals surface area contributed by atoms with Crippen LogP contribution in [0.15, 0.2) is 65.5 Å². The Hall–Kier alpha value is -3.45. The van der Waals surface area contributed by atoms with Crippen molar-refractivity contribution >= 4 is 22.5 Å². The number of nitrogens with one attached hydrogen (secondary N) is 1. The van der Waals surface area contributed by atoms with E-state index in [2.05, 4.69) is 45.5 Å². The monoisotopic (exact) mass is 471 g/mol. The first-order valence-corrected chi connectivity index (χ1v) is 12.6. The minimum absolute atomic E-state index is 0.0349. The van der Waals surface area contributed by atoms with E-state index in [1.807, 2.05) is 40.4 Å². The number of aromatic nitrogens is 3. The van der Waals surface area contributed by atoms with Crippen LogP contribution in [0.25, 0.3) is 16.6 Å². The standard InChI is InChI=1S/C28H33N5O2/c1-21-18-26(34)30-28-24-10-5-6-11-25(24)32(33(21)28)20-27(35)29-14-7-15-31-16-12-23(13-17-31)19-22-8-3-2-4-9-22/h2-6,8-11,18,23H,7,12-17,19-20H2,1H3,(H,29,35). The second kappa shape index (κ2) is 10.4. The molecule has 2 aromatic carbocycles. The molecule has 1 aliphatic heterocycles. The molecule has 0 spiro atoms. The number of likely N-dealkylation sites (tertiary alicyclic amines) is 1. The Balaban J connectivity index is 1.12. The number of piperidine rings is 1. The molecule has 1 fully saturated rings. The van der Waals surface area contributed by atoms with Crippen LogP contribution >= 0.6 is 0 Å². The summed E-state index contributed by atoms with van der Waals surface area (Å²) in [7, 11) is 0. The van der Waals surface area contributed by atoms with Crippen molar-refractivity contribution in [3.8, 4) is 0 Å². The van der Waals surface area contributed by atoms with Crippen LogP contribution in [0, 0.1) is 12.8 Å². The maximum atomic E-state index is 12.8. The molecule has 3 heterocycles. The lowest BCUT2D eigenvalue weighted by Crippen LogP contribution is -2.37. The molecule has 0 radical (unpaired) electrons. The fourth-order valence-corrected chi connectivity index (χ4v) is 5.31. The van der Waals surface area contributed by atoms with E-state index in [0.717, 1.165) is 48.6 Å². The van der Waals surface area contributed by atoms with Gasteiger partial charge in [0.2, 0.25) is 5.91 Å². The Morgan fingerprint density at radius 3 is 2.60 bits per heavy atom. The minimum Gasteiger partial charge on any atom is -0.354 e. The van der Waals surface area contributed by atoms with E-state index in [-0.39, 0.29) is 18.0 Å². The van der Waals surface area contributed by atoms with E-state index >= 15 is 0 Å². The van der Waals surface area contributed by atoms with Crippen LogP contribution in [0.5, 0.6) is 0 Å². The summed E-state index contributed by atoms with van der Waals surface area (Å²) in [5.41, 5.74) is 3.42. The topological polar surface area (TPSA) is 71.6 Å². The lowest BCUT2D eigenvalue weighted by molar-refractivity contribution is -0.121. The third kappa shape index (κ3) is 5.30. The van der Waals surface area contributed by atoms with Crippen LogP contribution in [0.4, 0.5) is 0 Å². The van der Waals surface area contributed by atoms with Gasteiger partial charge in [0.15, 0.2) is 5.65 Å². The number of benzene rings is 2. The lowest BCUT2D eigenvalue weighted by atomic mass is 9.90. The maximum Gasteiger partial charge on any atom is 0.273 e. The third-order valence-electron chi connectivity index (χ3n) is 7.09. The molecular formula is C28H33N5O2. The van der Waals surface area contributed by atoms with E-state index in [0.29, 0.717) is 12.2 Å². The molecule has 4 aromatic rings. The number of nitrogens with zero attached hydrogens (tertiary/aromatic N) is 4. The number of amides is 1. The molecule has 0 atom stereocenters. The first-order valence-electron chi connectivity index (χ1n) is 12.6. The quantitative estimate of drug-likeness (QED) is 0.400. The van der Waals surface area contributed by atoms with Crippen LogP contribution in [-0.2, 0) is 17.8 Å². The molecule has 7 heteroatoms. The van der Waals surface area contributed by atoms with Crippen LogP contribution in [-0.4, -0.2) is 51.2 Å². The molecule has 1 aliphatic rings. The number of carbonyl (C=O) groups excluding carboxylic acids is 1. The highest BCUT2D eigenvalue weighted by Gasteiger charge is 2.19. The zero-order valence-electron chi connectivity index (χ0n) is 20.3. The molecule has 0 bridgehead atoms. The Morgan fingerprint density at radius 2 is 1.80 bits per heavy atom. The van der Waals surface area contributed by atoms with Crippen molar-refractivity contribution in [2.75, 3.05) is 26.2 Å². The Bertz CT molecular complexity index is 1370. The van der Waals surface area contributed by atoms with Crippen LogP contribution < -0.4 is 10.9 Å². The number of carbonyl (C=O) groups is 1. The second-order valence-corrected chi connectivity index (χ2v) is 9.62. The predicted molar refractivity (Wildman–Crippen MR) is 139 cm³/mol. The van der Waals surface area contributed by atoms with Gasteiger partial charge in [-0.15, -0.1) is 0 Å². The van der Waals surface area contributed by atoms with Gasteiger partial charge in [0.25, 0.3) is 5.56 Å². The predicted octanol–water partition coefficient (Wildman–Crippen LogP) is 3.42. The summed E-state index contributed by atoms with van der Waals surface area (Å²) >= 11 is 0. The molecule has 1 amide bonds. The summed E-state index contributed by atoms with van der Waals surface area (Å²) < 4.78 is 3.77. The van der Waals surface area contributed by atoms with Gasteiger partial charge in [0, 0.05) is 23.7 Å². The van der Waals surface area contributed by atoms with E-state index in [1.165, 1.54) is 30.9 Å². The van der Waals surface area contributed by atoms with Crippen molar-refractivity contribution in [1.82, 2.24) is 24.4 Å². The summed E-state index contributed by atoms with van der Waals surface area (Å²) in [6.07, 6.45) is 4.60. The highest BCUT2D eigenvalue weighted by molar-refractivity contribution is 5.93. The fraction of sp³-hybridized carbons (Fsp3) is 0.393. The van der Waals surface area contributed by atoms with Crippen molar-refractivity contribution in [1.29, 1.82) is 0 Å². The van der Waals surface area contributed by atoms with Crippen molar-refractivity contribution in [3.63, 3.8) is 0 Å². The molecule has 7 nitrogen and oxygen atoms in total. The van der Waals surface area contributed by atoms with Gasteiger partial charge in [-0.05, 0) is 75.9 Å². The average Bonchev–Trinajstić information content (AvgIpc) is 3.17. The fourth-order valence-electron chi connectivity index (χ4n) is 5.31. The van der Waals surface area contributed by atoms with Gasteiger partial charge in [0.05, 0.1) is 5.52 Å². The number of aryl methyl sites for hydroxylation is 1. The van der Waals surface area contributed by atoms with Crippen LogP contribution in [0.1, 0.15) is 30.5 Å². The van der Waals surface area contributed by atoms with Gasteiger partial charge >= 0.3 is 0 Å². The molecular weight excluding hydrogens is 438 g/mol. The highest BCUT2D eigenvalue weighted by atomic mass is 16.2. The molecule has 1 N–H and O–H groups in total. The lowest BCUT2D eigenvalue weighted by Gasteiger charge is -2.32. The zero-order valence-corrected chi connectivity index (χ0v) is 20.3. The van der Waals surface area contributed by atoms with Crippen LogP contribution in [0.2, 0.25) is 0 Å². The molecule has 35 heavy (non-hydrogen) atoms. The van der Waals surface area contributed by atoms with Crippen molar-refractivity contribution in [3.05, 3.63) is 82.3 Å². The van der Waals surface area contributed by atoms with E-state index in [4.69, 9.17) is 0 Å². The summed E-state index contributed by atoms with van der Waals surface area (Å²) in [4.78, 5) is 31.5. The average molecular weight is 472 g/mol. The van der Waals surface area contributed by atoms with Crippen LogP contribution in [0.3, 0.4) is 0 Å². The third-order valence-corrected chi connectivity index (χ3v) is 7.09. The largest absolute Gasteiger partial charge is 0.354 e. The molecule has 0 aliphatic carbocycles. The number of hydrogen-bond acceptors (Lipinski definition) is 4. The van der Waals surface area contributed by atoms with Crippen molar-refractivity contribution in [2.45, 2.75) is 39.2 Å². The molecule has 2 aromatic heterocycles. The molecule has 182 valence electrons. The molecule has 5 rings (SSSR count). The van der Waals surface area contributed by atoms with Gasteiger partial charge in [-0.25, -0.2) is 4.52 Å². The SMILES string of the molecule is Cc1cc(=O)nc2c3ccccc3n(CC(=O)NCCCN3CCC(Cc4ccccc4)CC3)n12. The van der Waals surface area contributed by atoms with Gasteiger partial charge in [-0.2, -0.15) is 4.98 Å².